The Morgan fingerprint density at radius 2 is 1.35 bits per heavy atom. The van der Waals surface area contributed by atoms with Crippen LogP contribution < -0.4 is 21.1 Å². The largest absolute Gasteiger partial charge is 0.456 e. The second-order valence-corrected chi connectivity index (χ2v) is 13.8. The molecule has 4 heteroatoms. The number of benzene rings is 7. The van der Waals surface area contributed by atoms with Crippen LogP contribution in [0, 0.1) is 6.92 Å². The lowest BCUT2D eigenvalue weighted by atomic mass is 9.56. The summed E-state index contributed by atoms with van der Waals surface area (Å²) in [5.74, 6) is 0. The van der Waals surface area contributed by atoms with E-state index >= 15 is 0 Å². The molecule has 0 fully saturated rings. The zero-order valence-electron chi connectivity index (χ0n) is 27.1. The lowest BCUT2D eigenvalue weighted by Gasteiger charge is -2.46. The zero-order valence-corrected chi connectivity index (χ0v) is 27.1. The molecule has 0 atom stereocenters. The molecule has 227 valence electrons. The van der Waals surface area contributed by atoms with Gasteiger partial charge in [-0.1, -0.05) is 110 Å². The van der Waals surface area contributed by atoms with Crippen molar-refractivity contribution in [2.24, 2.45) is 0 Å². The normalized spacial score (nSPS) is 14.0. The van der Waals surface area contributed by atoms with Gasteiger partial charge in [-0.05, 0) is 87.9 Å². The van der Waals surface area contributed by atoms with Crippen molar-refractivity contribution < 1.29 is 4.42 Å². The van der Waals surface area contributed by atoms with Crippen molar-refractivity contribution >= 4 is 79.4 Å². The van der Waals surface area contributed by atoms with Crippen LogP contribution in [0.2, 0.25) is 0 Å². The molecule has 1 N–H and O–H groups in total. The third-order valence-corrected chi connectivity index (χ3v) is 10.5. The van der Waals surface area contributed by atoms with Crippen molar-refractivity contribution in [3.63, 3.8) is 0 Å². The Morgan fingerprint density at radius 1 is 0.625 bits per heavy atom. The number of rotatable bonds is 3. The number of anilines is 5. The highest BCUT2D eigenvalue weighted by Crippen LogP contribution is 2.52. The van der Waals surface area contributed by atoms with Gasteiger partial charge < -0.3 is 14.6 Å². The molecule has 2 aliphatic heterocycles. The van der Waals surface area contributed by atoms with Gasteiger partial charge >= 0.3 is 0 Å². The maximum Gasteiger partial charge on any atom is 0.197 e. The highest BCUT2D eigenvalue weighted by Gasteiger charge is 2.40. The topological polar surface area (TPSA) is 28.4 Å². The van der Waals surface area contributed by atoms with Crippen molar-refractivity contribution in [1.82, 2.24) is 0 Å². The molecule has 1 aromatic heterocycles. The molecular formula is C44H32BN2O. The third-order valence-electron chi connectivity index (χ3n) is 10.5. The molecule has 0 amide bonds. The number of hydrogen-bond donors (Lipinski definition) is 1. The first-order valence-electron chi connectivity index (χ1n) is 16.7. The van der Waals surface area contributed by atoms with Gasteiger partial charge in [0.2, 0.25) is 0 Å². The van der Waals surface area contributed by atoms with Gasteiger partial charge in [0.15, 0.2) is 7.28 Å². The van der Waals surface area contributed by atoms with Gasteiger partial charge in [0.1, 0.15) is 11.2 Å². The fourth-order valence-corrected chi connectivity index (χ4v) is 8.23. The second kappa shape index (κ2) is 9.89. The molecule has 0 aliphatic carbocycles. The standard InChI is InChI=1S/C44H32BN2O/c1-26-22-31(42-38(23-26)47-37-19-8-7-15-32(37)44(2,3)33-16-10-17-34(45-42)43(33)47)30-24-27-12-4-5-13-28(27)25-36(30)46-35-18-11-21-40-41(35)29-14-6-9-20-39(29)48-40/h4-25,46H,1-3H3. The Labute approximate surface area is 280 Å². The first kappa shape index (κ1) is 27.4. The van der Waals surface area contributed by atoms with Crippen LogP contribution in [-0.2, 0) is 5.41 Å². The van der Waals surface area contributed by atoms with Gasteiger partial charge in [-0.3, -0.25) is 0 Å². The van der Waals surface area contributed by atoms with E-state index in [1.165, 1.54) is 66.6 Å². The Bertz CT molecular complexity index is 2630. The lowest BCUT2D eigenvalue weighted by Crippen LogP contribution is -2.45. The summed E-state index contributed by atoms with van der Waals surface area (Å²) in [4.78, 5) is 2.52. The second-order valence-electron chi connectivity index (χ2n) is 13.8. The van der Waals surface area contributed by atoms with Gasteiger partial charge in [-0.25, -0.2) is 0 Å². The van der Waals surface area contributed by atoms with Crippen LogP contribution in [0.3, 0.4) is 0 Å². The number of fused-ring (bicyclic) bond motifs is 8. The molecule has 0 bridgehead atoms. The fourth-order valence-electron chi connectivity index (χ4n) is 8.23. The van der Waals surface area contributed by atoms with Gasteiger partial charge in [-0.15, -0.1) is 0 Å². The molecule has 7 aromatic carbocycles. The van der Waals surface area contributed by atoms with Crippen LogP contribution in [-0.4, -0.2) is 7.28 Å². The summed E-state index contributed by atoms with van der Waals surface area (Å²) in [7, 11) is 2.41. The Morgan fingerprint density at radius 3 is 2.25 bits per heavy atom. The van der Waals surface area contributed by atoms with Crippen LogP contribution in [0.25, 0.3) is 43.8 Å². The third kappa shape index (κ3) is 3.83. The summed E-state index contributed by atoms with van der Waals surface area (Å²) in [6, 6.07) is 48.3. The van der Waals surface area contributed by atoms with Crippen molar-refractivity contribution in [3.8, 4) is 11.1 Å². The van der Waals surface area contributed by atoms with Gasteiger partial charge in [0.25, 0.3) is 0 Å². The molecule has 0 spiro atoms. The summed E-state index contributed by atoms with van der Waals surface area (Å²) >= 11 is 0. The van der Waals surface area contributed by atoms with Gasteiger partial charge in [0.05, 0.1) is 16.8 Å². The highest BCUT2D eigenvalue weighted by atomic mass is 16.3. The minimum Gasteiger partial charge on any atom is -0.456 e. The number of hydrogen-bond acceptors (Lipinski definition) is 3. The molecule has 3 heterocycles. The summed E-state index contributed by atoms with van der Waals surface area (Å²) in [6.07, 6.45) is 0. The van der Waals surface area contributed by atoms with E-state index in [4.69, 9.17) is 4.42 Å². The average molecular weight is 616 g/mol. The monoisotopic (exact) mass is 615 g/mol. The predicted octanol–water partition coefficient (Wildman–Crippen LogP) is 10.5. The molecule has 2 aliphatic rings. The van der Waals surface area contributed by atoms with E-state index < -0.39 is 0 Å². The number of furan rings is 1. The van der Waals surface area contributed by atoms with Crippen molar-refractivity contribution in [2.75, 3.05) is 10.2 Å². The molecule has 3 nitrogen and oxygen atoms in total. The Hall–Kier alpha value is -5.74. The SMILES string of the molecule is Cc1cc(-c2cc3ccccc3cc2Nc2cccc3oc4ccccc4c23)c2c(c1)N1c3ccccc3C(C)(C)c3cccc(c31)[B]2. The Kier molecular flexibility index (Phi) is 5.64. The van der Waals surface area contributed by atoms with Crippen molar-refractivity contribution in [2.45, 2.75) is 26.2 Å². The van der Waals surface area contributed by atoms with Crippen LogP contribution in [0.4, 0.5) is 28.4 Å². The van der Waals surface area contributed by atoms with Crippen LogP contribution in [0.5, 0.6) is 0 Å². The summed E-state index contributed by atoms with van der Waals surface area (Å²) in [5.41, 5.74) is 16.3. The van der Waals surface area contributed by atoms with Crippen LogP contribution in [0.1, 0.15) is 30.5 Å². The van der Waals surface area contributed by atoms with E-state index in [-0.39, 0.29) is 5.41 Å². The average Bonchev–Trinajstić information content (AvgIpc) is 3.49. The first-order valence-corrected chi connectivity index (χ1v) is 16.7. The number of para-hydroxylation sites is 3. The maximum atomic E-state index is 6.27. The summed E-state index contributed by atoms with van der Waals surface area (Å²) in [6.45, 7) is 6.93. The van der Waals surface area contributed by atoms with Crippen LogP contribution >= 0.6 is 0 Å². The fraction of sp³-hybridized carbons (Fsp3) is 0.0909. The zero-order chi connectivity index (χ0) is 32.1. The number of nitrogens with one attached hydrogen (secondary N) is 1. The Balaban J connectivity index is 1.23. The van der Waals surface area contributed by atoms with E-state index in [0.717, 1.165) is 33.3 Å². The smallest absolute Gasteiger partial charge is 0.197 e. The van der Waals surface area contributed by atoms with Crippen molar-refractivity contribution in [1.29, 1.82) is 0 Å². The van der Waals surface area contributed by atoms with E-state index in [0.29, 0.717) is 0 Å². The molecule has 0 saturated carbocycles. The van der Waals surface area contributed by atoms with Crippen molar-refractivity contribution in [3.05, 3.63) is 150 Å². The molecule has 10 rings (SSSR count). The van der Waals surface area contributed by atoms with Gasteiger partial charge in [0, 0.05) is 33.4 Å². The summed E-state index contributed by atoms with van der Waals surface area (Å²) < 4.78 is 6.27. The van der Waals surface area contributed by atoms with Crippen LogP contribution in [0.15, 0.2) is 138 Å². The minimum absolute atomic E-state index is 0.107. The molecule has 48 heavy (non-hydrogen) atoms. The lowest BCUT2D eigenvalue weighted by molar-refractivity contribution is 0.632. The number of nitrogens with zero attached hydrogens (tertiary/aromatic N) is 1. The quantitative estimate of drug-likeness (QED) is 0.201. The molecule has 0 saturated heterocycles. The summed E-state index contributed by atoms with van der Waals surface area (Å²) in [5, 5.41) is 8.53. The van der Waals surface area contributed by atoms with E-state index in [9.17, 15) is 0 Å². The molecule has 1 radical (unpaired) electrons. The molecule has 0 unspecified atom stereocenters. The van der Waals surface area contributed by atoms with E-state index in [1.807, 2.05) is 12.1 Å². The predicted molar refractivity (Wildman–Crippen MR) is 203 cm³/mol. The van der Waals surface area contributed by atoms with E-state index in [1.54, 1.807) is 0 Å². The number of aryl methyl sites for hydroxylation is 1. The van der Waals surface area contributed by atoms with Gasteiger partial charge in [-0.2, -0.15) is 0 Å². The van der Waals surface area contributed by atoms with E-state index in [2.05, 4.69) is 160 Å². The first-order chi connectivity index (χ1) is 23.5. The maximum absolute atomic E-state index is 6.27. The highest BCUT2D eigenvalue weighted by molar-refractivity contribution is 6.73. The molecule has 8 aromatic rings. The molecular weight excluding hydrogens is 583 g/mol. The minimum atomic E-state index is -0.107.